The molecule has 1 aromatic carbocycles. The number of amides is 1. The van der Waals surface area contributed by atoms with Gasteiger partial charge in [0.05, 0.1) is 0 Å². The van der Waals surface area contributed by atoms with Crippen molar-refractivity contribution in [2.75, 3.05) is 5.32 Å². The molecule has 0 heterocycles. The van der Waals surface area contributed by atoms with E-state index >= 15 is 0 Å². The smallest absolute Gasteiger partial charge is 0.326 e. The van der Waals surface area contributed by atoms with Crippen molar-refractivity contribution in [3.63, 3.8) is 0 Å². The number of phenolic OH excluding ortho intramolecular Hbond substituents is 1. The molecule has 1 amide bonds. The lowest BCUT2D eigenvalue weighted by Gasteiger charge is -2.16. The Morgan fingerprint density at radius 1 is 1.36 bits per heavy atom. The van der Waals surface area contributed by atoms with E-state index in [2.05, 4.69) is 10.6 Å². The van der Waals surface area contributed by atoms with E-state index in [9.17, 15) is 14.7 Å². The lowest BCUT2D eigenvalue weighted by atomic mass is 10.1. The molecule has 0 aromatic heterocycles. The maximum atomic E-state index is 11.9. The topological polar surface area (TPSA) is 122 Å². The first-order valence-electron chi connectivity index (χ1n) is 6.54. The van der Waals surface area contributed by atoms with Crippen LogP contribution >= 0.6 is 0 Å². The highest BCUT2D eigenvalue weighted by molar-refractivity contribution is 6.06. The van der Waals surface area contributed by atoms with Crippen LogP contribution in [-0.4, -0.2) is 28.1 Å². The molecule has 0 aliphatic rings. The molecule has 0 saturated carbocycles. The number of nitrogens with zero attached hydrogens (tertiary/aromatic N) is 1. The molecule has 7 heteroatoms. The SMILES string of the molecule is CC(C)C(N/C=C(/C#N)C(=O)Nc1cccc(O)c1)C(=O)O. The van der Waals surface area contributed by atoms with Gasteiger partial charge in [0, 0.05) is 18.0 Å². The van der Waals surface area contributed by atoms with Crippen LogP contribution in [0, 0.1) is 17.2 Å². The standard InChI is InChI=1S/C15H17N3O4/c1-9(2)13(15(21)22)17-8-10(7-16)14(20)18-11-4-3-5-12(19)6-11/h3-6,8-9,13,17,19H,1-2H3,(H,18,20)(H,21,22)/b10-8-. The van der Waals surface area contributed by atoms with Crippen LogP contribution in [0.1, 0.15) is 13.8 Å². The summed E-state index contributed by atoms with van der Waals surface area (Å²) in [7, 11) is 0. The minimum absolute atomic E-state index is 0.0239. The molecule has 0 aliphatic carbocycles. The van der Waals surface area contributed by atoms with Crippen LogP contribution in [0.3, 0.4) is 0 Å². The Labute approximate surface area is 127 Å². The van der Waals surface area contributed by atoms with Gasteiger partial charge in [0.2, 0.25) is 0 Å². The van der Waals surface area contributed by atoms with Gasteiger partial charge in [-0.15, -0.1) is 0 Å². The molecule has 7 nitrogen and oxygen atoms in total. The Morgan fingerprint density at radius 3 is 2.55 bits per heavy atom. The second-order valence-electron chi connectivity index (χ2n) is 4.90. The first-order chi connectivity index (χ1) is 10.3. The summed E-state index contributed by atoms with van der Waals surface area (Å²) >= 11 is 0. The average molecular weight is 303 g/mol. The number of carbonyl (C=O) groups is 2. The Hall–Kier alpha value is -3.01. The van der Waals surface area contributed by atoms with E-state index < -0.39 is 17.9 Å². The minimum Gasteiger partial charge on any atom is -0.508 e. The van der Waals surface area contributed by atoms with Crippen LogP contribution < -0.4 is 10.6 Å². The van der Waals surface area contributed by atoms with Crippen molar-refractivity contribution >= 4 is 17.6 Å². The molecule has 0 spiro atoms. The fraction of sp³-hybridized carbons (Fsp3) is 0.267. The molecule has 4 N–H and O–H groups in total. The Morgan fingerprint density at radius 2 is 2.05 bits per heavy atom. The predicted molar refractivity (Wildman–Crippen MR) is 79.8 cm³/mol. The maximum absolute atomic E-state index is 11.9. The summed E-state index contributed by atoms with van der Waals surface area (Å²) < 4.78 is 0. The summed E-state index contributed by atoms with van der Waals surface area (Å²) in [4.78, 5) is 23.0. The van der Waals surface area contributed by atoms with E-state index in [0.29, 0.717) is 5.69 Å². The van der Waals surface area contributed by atoms with Gasteiger partial charge in [-0.05, 0) is 18.1 Å². The van der Waals surface area contributed by atoms with E-state index in [1.807, 2.05) is 0 Å². The van der Waals surface area contributed by atoms with Gasteiger partial charge >= 0.3 is 5.97 Å². The lowest BCUT2D eigenvalue weighted by Crippen LogP contribution is -2.38. The number of carboxylic acid groups (broad SMARTS) is 1. The molecule has 1 atom stereocenters. The molecule has 0 saturated heterocycles. The number of phenols is 1. The highest BCUT2D eigenvalue weighted by atomic mass is 16.4. The van der Waals surface area contributed by atoms with E-state index in [4.69, 9.17) is 10.4 Å². The highest BCUT2D eigenvalue weighted by Crippen LogP contribution is 2.16. The molecular formula is C15H17N3O4. The zero-order chi connectivity index (χ0) is 16.7. The summed E-state index contributed by atoms with van der Waals surface area (Å²) in [5.41, 5.74) is 0.0556. The number of carboxylic acids is 1. The first kappa shape index (κ1) is 17.0. The second-order valence-corrected chi connectivity index (χ2v) is 4.90. The van der Waals surface area contributed by atoms with Crippen LogP contribution in [0.2, 0.25) is 0 Å². The number of anilines is 1. The van der Waals surface area contributed by atoms with Crippen LogP contribution in [0.15, 0.2) is 36.0 Å². The second kappa shape index (κ2) is 7.69. The van der Waals surface area contributed by atoms with Crippen LogP contribution in [-0.2, 0) is 9.59 Å². The third kappa shape index (κ3) is 4.83. The molecule has 1 unspecified atom stereocenters. The summed E-state index contributed by atoms with van der Waals surface area (Å²) in [6, 6.07) is 6.66. The summed E-state index contributed by atoms with van der Waals surface area (Å²) in [5, 5.41) is 32.3. The lowest BCUT2D eigenvalue weighted by molar-refractivity contribution is -0.140. The van der Waals surface area contributed by atoms with Gasteiger partial charge in [0.1, 0.15) is 23.4 Å². The number of hydrogen-bond donors (Lipinski definition) is 4. The highest BCUT2D eigenvalue weighted by Gasteiger charge is 2.20. The van der Waals surface area contributed by atoms with Gasteiger partial charge in [-0.25, -0.2) is 4.79 Å². The monoisotopic (exact) mass is 303 g/mol. The van der Waals surface area contributed by atoms with Gasteiger partial charge in [-0.2, -0.15) is 5.26 Å². The number of nitriles is 1. The van der Waals surface area contributed by atoms with Crippen molar-refractivity contribution in [2.45, 2.75) is 19.9 Å². The Bertz CT molecular complexity index is 632. The average Bonchev–Trinajstić information content (AvgIpc) is 2.42. The third-order valence-corrected chi connectivity index (χ3v) is 2.81. The van der Waals surface area contributed by atoms with E-state index in [1.54, 1.807) is 26.0 Å². The van der Waals surface area contributed by atoms with Gasteiger partial charge < -0.3 is 20.8 Å². The van der Waals surface area contributed by atoms with Gasteiger partial charge in [-0.1, -0.05) is 19.9 Å². The van der Waals surface area contributed by atoms with E-state index in [-0.39, 0.29) is 17.2 Å². The predicted octanol–water partition coefficient (Wildman–Crippen LogP) is 1.44. The van der Waals surface area contributed by atoms with Gasteiger partial charge in [-0.3, -0.25) is 4.79 Å². The molecule has 0 fully saturated rings. The largest absolute Gasteiger partial charge is 0.508 e. The molecule has 0 bridgehead atoms. The van der Waals surface area contributed by atoms with Crippen molar-refractivity contribution in [3.8, 4) is 11.8 Å². The number of carbonyl (C=O) groups excluding carboxylic acids is 1. The number of benzene rings is 1. The van der Waals surface area contributed by atoms with Crippen LogP contribution in [0.4, 0.5) is 5.69 Å². The van der Waals surface area contributed by atoms with Gasteiger partial charge in [0.15, 0.2) is 0 Å². The summed E-state index contributed by atoms with van der Waals surface area (Å²) in [6.45, 7) is 3.41. The summed E-state index contributed by atoms with van der Waals surface area (Å²) in [6.07, 6.45) is 1.08. The molecule has 116 valence electrons. The maximum Gasteiger partial charge on any atom is 0.326 e. The number of rotatable bonds is 6. The zero-order valence-electron chi connectivity index (χ0n) is 12.2. The van der Waals surface area contributed by atoms with Crippen molar-refractivity contribution in [1.29, 1.82) is 5.26 Å². The molecule has 0 radical (unpaired) electrons. The third-order valence-electron chi connectivity index (χ3n) is 2.81. The number of aliphatic carboxylic acids is 1. The van der Waals surface area contributed by atoms with Crippen molar-refractivity contribution < 1.29 is 19.8 Å². The minimum atomic E-state index is -1.07. The quantitative estimate of drug-likeness (QED) is 0.466. The Kier molecular flexibility index (Phi) is 5.96. The molecule has 1 rings (SSSR count). The zero-order valence-corrected chi connectivity index (χ0v) is 12.2. The summed E-state index contributed by atoms with van der Waals surface area (Å²) in [5.74, 6) is -2.02. The van der Waals surface area contributed by atoms with Crippen molar-refractivity contribution in [2.24, 2.45) is 5.92 Å². The van der Waals surface area contributed by atoms with E-state index in [0.717, 1.165) is 6.20 Å². The first-order valence-corrected chi connectivity index (χ1v) is 6.54. The molecule has 1 aromatic rings. The Balaban J connectivity index is 2.82. The van der Waals surface area contributed by atoms with Crippen LogP contribution in [0.25, 0.3) is 0 Å². The normalized spacial score (nSPS) is 12.4. The van der Waals surface area contributed by atoms with Crippen LogP contribution in [0.5, 0.6) is 5.75 Å². The number of nitrogens with one attached hydrogen (secondary N) is 2. The molecule has 22 heavy (non-hydrogen) atoms. The fourth-order valence-electron chi connectivity index (χ4n) is 1.65. The number of aromatic hydroxyl groups is 1. The van der Waals surface area contributed by atoms with Crippen molar-refractivity contribution in [3.05, 3.63) is 36.0 Å². The van der Waals surface area contributed by atoms with Crippen molar-refractivity contribution in [1.82, 2.24) is 5.32 Å². The molecule has 0 aliphatic heterocycles. The fourth-order valence-corrected chi connectivity index (χ4v) is 1.65. The van der Waals surface area contributed by atoms with E-state index in [1.165, 1.54) is 18.2 Å². The van der Waals surface area contributed by atoms with Gasteiger partial charge in [0.25, 0.3) is 5.91 Å². The number of hydrogen-bond acceptors (Lipinski definition) is 5. The molecular weight excluding hydrogens is 286 g/mol.